The molecule has 1 heterocycles. The van der Waals surface area contributed by atoms with Gasteiger partial charge in [0.2, 0.25) is 5.91 Å². The van der Waals surface area contributed by atoms with Gasteiger partial charge in [0.25, 0.3) is 0 Å². The maximum atomic E-state index is 11.3. The molecular weight excluding hydrogens is 290 g/mol. The Morgan fingerprint density at radius 2 is 1.27 bits per heavy atom. The third-order valence-electron chi connectivity index (χ3n) is 2.94. The molecule has 0 saturated carbocycles. The molecule has 1 aliphatic heterocycles. The van der Waals surface area contributed by atoms with Gasteiger partial charge in [0.15, 0.2) is 11.5 Å². The molecule has 122 valence electrons. The van der Waals surface area contributed by atoms with Crippen molar-refractivity contribution >= 4 is 5.91 Å². The van der Waals surface area contributed by atoms with Crippen molar-refractivity contribution in [3.05, 3.63) is 23.8 Å². The summed E-state index contributed by atoms with van der Waals surface area (Å²) in [6.45, 7) is 3.62. The van der Waals surface area contributed by atoms with E-state index >= 15 is 0 Å². The minimum absolute atomic E-state index is 0.342. The van der Waals surface area contributed by atoms with Crippen molar-refractivity contribution in [1.82, 2.24) is 0 Å². The summed E-state index contributed by atoms with van der Waals surface area (Å²) in [7, 11) is 0. The highest BCUT2D eigenvalue weighted by Crippen LogP contribution is 2.28. The molecule has 22 heavy (non-hydrogen) atoms. The lowest BCUT2D eigenvalue weighted by atomic mass is 10.2. The van der Waals surface area contributed by atoms with Crippen LogP contribution in [-0.2, 0) is 14.2 Å². The van der Waals surface area contributed by atoms with Gasteiger partial charge in [-0.05, 0) is 18.2 Å². The number of hydrogen-bond acceptors (Lipinski definition) is 6. The van der Waals surface area contributed by atoms with Crippen molar-refractivity contribution in [2.45, 2.75) is 0 Å². The predicted molar refractivity (Wildman–Crippen MR) is 78.4 cm³/mol. The Kier molecular flexibility index (Phi) is 6.95. The minimum atomic E-state index is -0.515. The molecule has 0 bridgehead atoms. The molecular formula is C15H21NO6. The van der Waals surface area contributed by atoms with E-state index in [0.29, 0.717) is 69.9 Å². The summed E-state index contributed by atoms with van der Waals surface area (Å²) in [5.41, 5.74) is 5.65. The van der Waals surface area contributed by atoms with E-state index in [-0.39, 0.29) is 0 Å². The molecule has 0 fully saturated rings. The summed E-state index contributed by atoms with van der Waals surface area (Å²) >= 11 is 0. The maximum absolute atomic E-state index is 11.3. The zero-order valence-electron chi connectivity index (χ0n) is 12.4. The van der Waals surface area contributed by atoms with E-state index in [0.717, 1.165) is 0 Å². The Bertz CT molecular complexity index is 479. The van der Waals surface area contributed by atoms with Crippen LogP contribution in [0.1, 0.15) is 10.4 Å². The highest BCUT2D eigenvalue weighted by atomic mass is 16.6. The lowest BCUT2D eigenvalue weighted by Gasteiger charge is -2.13. The summed E-state index contributed by atoms with van der Waals surface area (Å²) in [6.07, 6.45) is 0. The second-order valence-corrected chi connectivity index (χ2v) is 4.56. The van der Waals surface area contributed by atoms with Crippen LogP contribution in [0.3, 0.4) is 0 Å². The number of carbonyl (C=O) groups is 1. The van der Waals surface area contributed by atoms with E-state index in [1.165, 1.54) is 0 Å². The van der Waals surface area contributed by atoms with Crippen molar-refractivity contribution in [3.63, 3.8) is 0 Å². The Morgan fingerprint density at radius 3 is 1.82 bits per heavy atom. The second-order valence-electron chi connectivity index (χ2n) is 4.56. The topological polar surface area (TPSA) is 89.2 Å². The van der Waals surface area contributed by atoms with Gasteiger partial charge in [-0.15, -0.1) is 0 Å². The minimum Gasteiger partial charge on any atom is -0.487 e. The first-order valence-corrected chi connectivity index (χ1v) is 7.20. The summed E-state index contributed by atoms with van der Waals surface area (Å²) in [6, 6.07) is 4.83. The standard InChI is InChI=1S/C15H21NO6/c16-15(17)12-1-2-13-14(11-12)22-10-8-20-6-4-18-3-5-19-7-9-21-13/h1-2,11H,3-10H2,(H2,16,17). The summed E-state index contributed by atoms with van der Waals surface area (Å²) in [5, 5.41) is 0. The van der Waals surface area contributed by atoms with Crippen LogP contribution in [0.5, 0.6) is 11.5 Å². The largest absolute Gasteiger partial charge is 0.487 e. The Morgan fingerprint density at radius 1 is 0.773 bits per heavy atom. The Hall–Kier alpha value is -1.83. The molecule has 0 saturated heterocycles. The number of ether oxygens (including phenoxy) is 5. The highest BCUT2D eigenvalue weighted by molar-refractivity contribution is 5.93. The van der Waals surface area contributed by atoms with E-state index in [4.69, 9.17) is 29.4 Å². The van der Waals surface area contributed by atoms with Gasteiger partial charge in [0.1, 0.15) is 13.2 Å². The maximum Gasteiger partial charge on any atom is 0.248 e. The van der Waals surface area contributed by atoms with Crippen molar-refractivity contribution in [1.29, 1.82) is 0 Å². The molecule has 0 radical (unpaired) electrons. The molecule has 7 nitrogen and oxygen atoms in total. The zero-order valence-corrected chi connectivity index (χ0v) is 12.4. The van der Waals surface area contributed by atoms with Gasteiger partial charge in [0.05, 0.1) is 39.6 Å². The van der Waals surface area contributed by atoms with E-state index in [9.17, 15) is 4.79 Å². The molecule has 0 aliphatic carbocycles. The number of amides is 1. The van der Waals surface area contributed by atoms with Crippen LogP contribution in [0.2, 0.25) is 0 Å². The third-order valence-corrected chi connectivity index (χ3v) is 2.94. The molecule has 1 aliphatic rings. The molecule has 0 spiro atoms. The number of benzene rings is 1. The number of hydrogen-bond donors (Lipinski definition) is 1. The number of primary amides is 1. The van der Waals surface area contributed by atoms with E-state index in [1.807, 2.05) is 0 Å². The first-order valence-electron chi connectivity index (χ1n) is 7.20. The van der Waals surface area contributed by atoms with Crippen molar-refractivity contribution in [2.75, 3.05) is 52.9 Å². The number of nitrogens with two attached hydrogens (primary N) is 1. The number of rotatable bonds is 1. The van der Waals surface area contributed by atoms with Gasteiger partial charge in [0, 0.05) is 5.56 Å². The summed E-state index contributed by atoms with van der Waals surface area (Å²) < 4.78 is 27.3. The monoisotopic (exact) mass is 311 g/mol. The van der Waals surface area contributed by atoms with Crippen molar-refractivity contribution in [3.8, 4) is 11.5 Å². The van der Waals surface area contributed by atoms with Crippen molar-refractivity contribution in [2.24, 2.45) is 5.73 Å². The highest BCUT2D eigenvalue weighted by Gasteiger charge is 2.10. The molecule has 2 rings (SSSR count). The van der Waals surface area contributed by atoms with Gasteiger partial charge in [-0.2, -0.15) is 0 Å². The molecule has 2 N–H and O–H groups in total. The smallest absolute Gasteiger partial charge is 0.248 e. The van der Waals surface area contributed by atoms with Crippen LogP contribution >= 0.6 is 0 Å². The fraction of sp³-hybridized carbons (Fsp3) is 0.533. The molecule has 1 aromatic carbocycles. The quantitative estimate of drug-likeness (QED) is 0.817. The fourth-order valence-electron chi connectivity index (χ4n) is 1.86. The molecule has 1 aromatic rings. The molecule has 0 unspecified atom stereocenters. The average Bonchev–Trinajstić information content (AvgIpc) is 2.52. The fourth-order valence-corrected chi connectivity index (χ4v) is 1.86. The molecule has 0 aromatic heterocycles. The van der Waals surface area contributed by atoms with E-state index in [1.54, 1.807) is 18.2 Å². The van der Waals surface area contributed by atoms with Gasteiger partial charge in [-0.1, -0.05) is 0 Å². The van der Waals surface area contributed by atoms with Gasteiger partial charge in [-0.25, -0.2) is 0 Å². The lowest BCUT2D eigenvalue weighted by Crippen LogP contribution is -2.13. The molecule has 1 amide bonds. The Labute approximate surface area is 129 Å². The summed E-state index contributed by atoms with van der Waals surface area (Å²) in [5.74, 6) is 0.491. The number of carbonyl (C=O) groups excluding carboxylic acids is 1. The third kappa shape index (κ3) is 5.51. The van der Waals surface area contributed by atoms with Crippen LogP contribution < -0.4 is 15.2 Å². The SMILES string of the molecule is NC(=O)c1ccc2c(c1)OCCOCCOCCOCCO2. The predicted octanol–water partition coefficient (Wildman–Crippen LogP) is 0.606. The van der Waals surface area contributed by atoms with Crippen LogP contribution in [0.4, 0.5) is 0 Å². The first kappa shape index (κ1) is 16.5. The number of fused-ring (bicyclic) bond motifs is 1. The summed E-state index contributed by atoms with van der Waals surface area (Å²) in [4.78, 5) is 11.3. The van der Waals surface area contributed by atoms with Crippen LogP contribution in [0.25, 0.3) is 0 Å². The van der Waals surface area contributed by atoms with E-state index < -0.39 is 5.91 Å². The normalized spacial score (nSPS) is 18.0. The van der Waals surface area contributed by atoms with Crippen LogP contribution in [-0.4, -0.2) is 58.8 Å². The second kappa shape index (κ2) is 9.24. The van der Waals surface area contributed by atoms with Crippen molar-refractivity contribution < 1.29 is 28.5 Å². The van der Waals surface area contributed by atoms with Gasteiger partial charge < -0.3 is 29.4 Å². The van der Waals surface area contributed by atoms with Crippen LogP contribution in [0.15, 0.2) is 18.2 Å². The molecule has 7 heteroatoms. The Balaban J connectivity index is 2.02. The van der Waals surface area contributed by atoms with E-state index in [2.05, 4.69) is 0 Å². The average molecular weight is 311 g/mol. The molecule has 0 atom stereocenters. The van der Waals surface area contributed by atoms with Gasteiger partial charge in [-0.3, -0.25) is 4.79 Å². The van der Waals surface area contributed by atoms with Gasteiger partial charge >= 0.3 is 0 Å². The zero-order chi connectivity index (χ0) is 15.6. The first-order chi connectivity index (χ1) is 10.8. The van der Waals surface area contributed by atoms with Crippen LogP contribution in [0, 0.1) is 0 Å². The lowest BCUT2D eigenvalue weighted by molar-refractivity contribution is 0.00708.